The van der Waals surface area contributed by atoms with Crippen LogP contribution in [0.1, 0.15) is 26.6 Å². The van der Waals surface area contributed by atoms with Crippen LogP contribution >= 0.6 is 0 Å². The van der Waals surface area contributed by atoms with Crippen molar-refractivity contribution in [3.8, 4) is 0 Å². The summed E-state index contributed by atoms with van der Waals surface area (Å²) in [5.74, 6) is 1.30. The van der Waals surface area contributed by atoms with Crippen molar-refractivity contribution in [3.05, 3.63) is 11.9 Å². The Bertz CT molecular complexity index is 460. The first kappa shape index (κ1) is 15.2. The monoisotopic (exact) mass is 266 g/mol. The van der Waals surface area contributed by atoms with Crippen LogP contribution in [-0.2, 0) is 4.79 Å². The zero-order valence-electron chi connectivity index (χ0n) is 12.2. The van der Waals surface area contributed by atoms with Gasteiger partial charge in [-0.25, -0.2) is 9.97 Å². The third-order valence-corrected chi connectivity index (χ3v) is 2.98. The van der Waals surface area contributed by atoms with Gasteiger partial charge in [0.2, 0.25) is 0 Å². The van der Waals surface area contributed by atoms with Gasteiger partial charge < -0.3 is 15.3 Å². The lowest BCUT2D eigenvalue weighted by Crippen LogP contribution is -2.32. The van der Waals surface area contributed by atoms with Crippen LogP contribution in [0.15, 0.2) is 6.07 Å². The summed E-state index contributed by atoms with van der Waals surface area (Å²) in [4.78, 5) is 21.7. The number of nitrogens with zero attached hydrogens (tertiary/aromatic N) is 3. The van der Waals surface area contributed by atoms with E-state index >= 15 is 0 Å². The SMILES string of the molecule is CCN(C)c1cc(NCC(C)(C)C(=O)O)nc(C)n1. The summed E-state index contributed by atoms with van der Waals surface area (Å²) in [6, 6.07) is 1.83. The first-order chi connectivity index (χ1) is 8.76. The van der Waals surface area contributed by atoms with Gasteiger partial charge in [-0.15, -0.1) is 0 Å². The van der Waals surface area contributed by atoms with Crippen LogP contribution in [0.4, 0.5) is 11.6 Å². The van der Waals surface area contributed by atoms with Crippen LogP contribution < -0.4 is 10.2 Å². The van der Waals surface area contributed by atoms with Crippen LogP contribution in [0.25, 0.3) is 0 Å². The van der Waals surface area contributed by atoms with Gasteiger partial charge in [0.25, 0.3) is 0 Å². The molecular weight excluding hydrogens is 244 g/mol. The van der Waals surface area contributed by atoms with E-state index in [2.05, 4.69) is 15.3 Å². The number of carboxylic acids is 1. The fourth-order valence-electron chi connectivity index (χ4n) is 1.39. The van der Waals surface area contributed by atoms with Crippen LogP contribution in [0.5, 0.6) is 0 Å². The van der Waals surface area contributed by atoms with Crippen LogP contribution in [-0.4, -0.2) is 41.2 Å². The lowest BCUT2D eigenvalue weighted by molar-refractivity contribution is -0.146. The molecule has 1 aromatic rings. The minimum atomic E-state index is -0.838. The highest BCUT2D eigenvalue weighted by molar-refractivity contribution is 5.74. The second kappa shape index (κ2) is 5.86. The van der Waals surface area contributed by atoms with E-state index in [-0.39, 0.29) is 0 Å². The first-order valence-corrected chi connectivity index (χ1v) is 6.30. The molecule has 0 radical (unpaired) electrons. The van der Waals surface area contributed by atoms with E-state index in [9.17, 15) is 4.79 Å². The summed E-state index contributed by atoms with van der Waals surface area (Å²) in [6.07, 6.45) is 0. The van der Waals surface area contributed by atoms with E-state index < -0.39 is 11.4 Å². The first-order valence-electron chi connectivity index (χ1n) is 6.30. The molecule has 0 atom stereocenters. The maximum Gasteiger partial charge on any atom is 0.310 e. The Hall–Kier alpha value is -1.85. The fourth-order valence-corrected chi connectivity index (χ4v) is 1.39. The van der Waals surface area contributed by atoms with Gasteiger partial charge in [0.05, 0.1) is 5.41 Å². The quantitative estimate of drug-likeness (QED) is 0.817. The molecule has 0 aromatic carbocycles. The topological polar surface area (TPSA) is 78.4 Å². The molecule has 0 saturated heterocycles. The molecular formula is C13H22N4O2. The number of aliphatic carboxylic acids is 1. The Labute approximate surface area is 113 Å². The summed E-state index contributed by atoms with van der Waals surface area (Å²) < 4.78 is 0. The second-order valence-corrected chi connectivity index (χ2v) is 5.22. The zero-order valence-corrected chi connectivity index (χ0v) is 12.2. The Kier molecular flexibility index (Phi) is 4.69. The number of rotatable bonds is 6. The Morgan fingerprint density at radius 2 is 2.11 bits per heavy atom. The molecule has 0 aliphatic carbocycles. The van der Waals surface area contributed by atoms with Crippen molar-refractivity contribution in [1.29, 1.82) is 0 Å². The lowest BCUT2D eigenvalue weighted by Gasteiger charge is -2.21. The number of carboxylic acid groups (broad SMARTS) is 1. The molecule has 6 nitrogen and oxygen atoms in total. The van der Waals surface area contributed by atoms with Crippen LogP contribution in [0.2, 0.25) is 0 Å². The van der Waals surface area contributed by atoms with Crippen molar-refractivity contribution in [2.24, 2.45) is 5.41 Å². The molecule has 0 aliphatic heterocycles. The molecule has 0 unspecified atom stereocenters. The van der Waals surface area contributed by atoms with Gasteiger partial charge in [0.15, 0.2) is 0 Å². The minimum Gasteiger partial charge on any atom is -0.481 e. The Morgan fingerprint density at radius 3 is 2.63 bits per heavy atom. The van der Waals surface area contributed by atoms with Crippen molar-refractivity contribution < 1.29 is 9.90 Å². The number of carbonyl (C=O) groups is 1. The number of hydrogen-bond donors (Lipinski definition) is 2. The third kappa shape index (κ3) is 4.08. The molecule has 106 valence electrons. The van der Waals surface area contributed by atoms with Gasteiger partial charge in [-0.3, -0.25) is 4.79 Å². The summed E-state index contributed by atoms with van der Waals surface area (Å²) in [7, 11) is 1.95. The number of nitrogens with one attached hydrogen (secondary N) is 1. The van der Waals surface area contributed by atoms with E-state index in [1.54, 1.807) is 13.8 Å². The summed E-state index contributed by atoms with van der Waals surface area (Å²) >= 11 is 0. The molecule has 0 spiro atoms. The van der Waals surface area contributed by atoms with E-state index in [1.807, 2.05) is 31.9 Å². The maximum atomic E-state index is 11.0. The third-order valence-electron chi connectivity index (χ3n) is 2.98. The number of anilines is 2. The van der Waals surface area contributed by atoms with Crippen molar-refractivity contribution in [2.75, 3.05) is 30.4 Å². The van der Waals surface area contributed by atoms with E-state index in [4.69, 9.17) is 5.11 Å². The van der Waals surface area contributed by atoms with Gasteiger partial charge in [-0.1, -0.05) is 0 Å². The van der Waals surface area contributed by atoms with Gasteiger partial charge >= 0.3 is 5.97 Å². The predicted molar refractivity (Wildman–Crippen MR) is 75.6 cm³/mol. The highest BCUT2D eigenvalue weighted by atomic mass is 16.4. The molecule has 1 heterocycles. The highest BCUT2D eigenvalue weighted by Gasteiger charge is 2.26. The standard InChI is InChI=1S/C13H22N4O2/c1-6-17(5)11-7-10(15-9(2)16-11)14-8-13(3,4)12(18)19/h7H,6,8H2,1-5H3,(H,18,19)(H,14,15,16). The molecule has 0 aliphatic rings. The van der Waals surface area contributed by atoms with Crippen molar-refractivity contribution in [2.45, 2.75) is 27.7 Å². The Morgan fingerprint density at radius 1 is 1.47 bits per heavy atom. The van der Waals surface area contributed by atoms with Gasteiger partial charge in [0, 0.05) is 26.2 Å². The number of aryl methyl sites for hydroxylation is 1. The highest BCUT2D eigenvalue weighted by Crippen LogP contribution is 2.18. The van der Waals surface area contributed by atoms with Gasteiger partial charge in [0.1, 0.15) is 17.5 Å². The second-order valence-electron chi connectivity index (χ2n) is 5.22. The van der Waals surface area contributed by atoms with Gasteiger partial charge in [-0.2, -0.15) is 0 Å². The average molecular weight is 266 g/mol. The Balaban J connectivity index is 2.85. The predicted octanol–water partition coefficient (Wildman–Crippen LogP) is 1.76. The molecule has 0 fully saturated rings. The van der Waals surface area contributed by atoms with Gasteiger partial charge in [-0.05, 0) is 27.7 Å². The molecule has 2 N–H and O–H groups in total. The molecule has 0 amide bonds. The summed E-state index contributed by atoms with van der Waals surface area (Å²) in [5, 5.41) is 12.1. The van der Waals surface area contributed by atoms with Crippen LogP contribution in [0, 0.1) is 12.3 Å². The largest absolute Gasteiger partial charge is 0.481 e. The smallest absolute Gasteiger partial charge is 0.310 e. The van der Waals surface area contributed by atoms with Crippen molar-refractivity contribution >= 4 is 17.6 Å². The van der Waals surface area contributed by atoms with Crippen molar-refractivity contribution in [1.82, 2.24) is 9.97 Å². The van der Waals surface area contributed by atoms with Crippen LogP contribution in [0.3, 0.4) is 0 Å². The lowest BCUT2D eigenvalue weighted by atomic mass is 9.94. The molecule has 1 aromatic heterocycles. The molecule has 0 saturated carbocycles. The van der Waals surface area contributed by atoms with E-state index in [0.717, 1.165) is 12.4 Å². The molecule has 1 rings (SSSR count). The zero-order chi connectivity index (χ0) is 14.6. The number of hydrogen-bond acceptors (Lipinski definition) is 5. The van der Waals surface area contributed by atoms with E-state index in [0.29, 0.717) is 18.2 Å². The molecule has 6 heteroatoms. The summed E-state index contributed by atoms with van der Waals surface area (Å²) in [5.41, 5.74) is -0.838. The summed E-state index contributed by atoms with van der Waals surface area (Å²) in [6.45, 7) is 8.37. The molecule has 0 bridgehead atoms. The van der Waals surface area contributed by atoms with Crippen molar-refractivity contribution in [3.63, 3.8) is 0 Å². The molecule has 19 heavy (non-hydrogen) atoms. The van der Waals surface area contributed by atoms with E-state index in [1.165, 1.54) is 0 Å². The number of aromatic nitrogens is 2. The normalized spacial score (nSPS) is 11.2. The average Bonchev–Trinajstić information content (AvgIpc) is 2.34. The fraction of sp³-hybridized carbons (Fsp3) is 0.615. The minimum absolute atomic E-state index is 0.314. The maximum absolute atomic E-state index is 11.0.